The van der Waals surface area contributed by atoms with Crippen molar-refractivity contribution in [2.24, 2.45) is 5.10 Å². The second-order valence-corrected chi connectivity index (χ2v) is 4.54. The number of para-hydroxylation sites is 1. The van der Waals surface area contributed by atoms with E-state index in [9.17, 15) is 5.11 Å². The average molecular weight is 274 g/mol. The first kappa shape index (κ1) is 13.2. The first-order valence-electron chi connectivity index (χ1n) is 5.67. The number of benzene rings is 1. The highest BCUT2D eigenvalue weighted by molar-refractivity contribution is 7.80. The van der Waals surface area contributed by atoms with Gasteiger partial charge in [0, 0.05) is 19.5 Å². The molecular formula is C13H14N4OS. The number of hydrogen-bond donors (Lipinski definition) is 2. The van der Waals surface area contributed by atoms with Crippen molar-refractivity contribution in [2.45, 2.75) is 0 Å². The molecule has 1 heterocycles. The van der Waals surface area contributed by atoms with Gasteiger partial charge in [-0.1, -0.05) is 18.2 Å². The summed E-state index contributed by atoms with van der Waals surface area (Å²) in [5.41, 5.74) is 3.92. The lowest BCUT2D eigenvalue weighted by Gasteiger charge is -2.11. The van der Waals surface area contributed by atoms with E-state index in [2.05, 4.69) is 15.5 Å². The highest BCUT2D eigenvalue weighted by Crippen LogP contribution is 2.21. The SMILES string of the molecule is CN(C)C(=S)N/N=C/c1ccc2cccc(O)c2n1. The Balaban J connectivity index is 2.20. The van der Waals surface area contributed by atoms with Crippen LogP contribution in [0.15, 0.2) is 35.4 Å². The van der Waals surface area contributed by atoms with Gasteiger partial charge < -0.3 is 10.0 Å². The minimum atomic E-state index is 0.157. The predicted molar refractivity (Wildman–Crippen MR) is 80.4 cm³/mol. The molecule has 0 saturated heterocycles. The van der Waals surface area contributed by atoms with Gasteiger partial charge in [-0.2, -0.15) is 5.10 Å². The van der Waals surface area contributed by atoms with Crippen LogP contribution >= 0.6 is 12.2 Å². The van der Waals surface area contributed by atoms with Crippen molar-refractivity contribution in [1.29, 1.82) is 0 Å². The first-order chi connectivity index (χ1) is 9.08. The van der Waals surface area contributed by atoms with E-state index in [0.29, 0.717) is 16.3 Å². The number of hydrazone groups is 1. The highest BCUT2D eigenvalue weighted by Gasteiger charge is 2.01. The topological polar surface area (TPSA) is 60.8 Å². The standard InChI is InChI=1S/C13H14N4OS/c1-17(2)13(19)16-14-8-10-7-6-9-4-3-5-11(18)12(9)15-10/h3-8,18H,1-2H3,(H,16,19)/b14-8+. The van der Waals surface area contributed by atoms with Crippen LogP contribution < -0.4 is 5.43 Å². The summed E-state index contributed by atoms with van der Waals surface area (Å²) in [6, 6.07) is 8.99. The third kappa shape index (κ3) is 3.17. The monoisotopic (exact) mass is 274 g/mol. The van der Waals surface area contributed by atoms with E-state index < -0.39 is 0 Å². The summed E-state index contributed by atoms with van der Waals surface area (Å²) in [5.74, 6) is 0.157. The molecule has 2 N–H and O–H groups in total. The van der Waals surface area contributed by atoms with Crippen LogP contribution in [0, 0.1) is 0 Å². The van der Waals surface area contributed by atoms with E-state index in [0.717, 1.165) is 5.39 Å². The third-order valence-corrected chi connectivity index (χ3v) is 2.94. The molecule has 0 aliphatic heterocycles. The van der Waals surface area contributed by atoms with Gasteiger partial charge in [0.1, 0.15) is 11.3 Å². The van der Waals surface area contributed by atoms with E-state index in [-0.39, 0.29) is 5.75 Å². The van der Waals surface area contributed by atoms with Crippen molar-refractivity contribution in [3.63, 3.8) is 0 Å². The number of fused-ring (bicyclic) bond motifs is 1. The Kier molecular flexibility index (Phi) is 3.91. The number of nitrogens with zero attached hydrogens (tertiary/aromatic N) is 3. The lowest BCUT2D eigenvalue weighted by molar-refractivity contribution is 0.480. The quantitative estimate of drug-likeness (QED) is 0.496. The van der Waals surface area contributed by atoms with Crippen LogP contribution in [0.25, 0.3) is 10.9 Å². The normalized spacial score (nSPS) is 10.8. The van der Waals surface area contributed by atoms with E-state index in [4.69, 9.17) is 12.2 Å². The summed E-state index contributed by atoms with van der Waals surface area (Å²) in [6.45, 7) is 0. The number of thiocarbonyl (C=S) groups is 1. The Morgan fingerprint density at radius 2 is 2.16 bits per heavy atom. The molecule has 0 aliphatic carbocycles. The maximum Gasteiger partial charge on any atom is 0.189 e. The average Bonchev–Trinajstić information content (AvgIpc) is 2.39. The Morgan fingerprint density at radius 3 is 2.89 bits per heavy atom. The number of hydrogen-bond acceptors (Lipinski definition) is 4. The fourth-order valence-electron chi connectivity index (χ4n) is 1.47. The van der Waals surface area contributed by atoms with Gasteiger partial charge in [-0.15, -0.1) is 0 Å². The van der Waals surface area contributed by atoms with Crippen molar-refractivity contribution < 1.29 is 5.11 Å². The molecule has 0 saturated carbocycles. The number of phenols is 1. The van der Waals surface area contributed by atoms with Gasteiger partial charge in [0.15, 0.2) is 5.11 Å². The maximum absolute atomic E-state index is 9.73. The Hall–Kier alpha value is -2.21. The van der Waals surface area contributed by atoms with E-state index in [1.807, 2.05) is 32.3 Å². The molecule has 2 aromatic rings. The zero-order valence-electron chi connectivity index (χ0n) is 10.7. The number of nitrogens with one attached hydrogen (secondary N) is 1. The molecule has 6 heteroatoms. The van der Waals surface area contributed by atoms with Gasteiger partial charge in [-0.25, -0.2) is 4.98 Å². The molecular weight excluding hydrogens is 260 g/mol. The number of aromatic hydroxyl groups is 1. The van der Waals surface area contributed by atoms with Crippen LogP contribution in [0.1, 0.15) is 5.69 Å². The largest absolute Gasteiger partial charge is 0.506 e. The van der Waals surface area contributed by atoms with Crippen LogP contribution in [0.2, 0.25) is 0 Å². The van der Waals surface area contributed by atoms with Crippen molar-refractivity contribution in [2.75, 3.05) is 14.1 Å². The molecule has 0 bridgehead atoms. The molecule has 1 aromatic carbocycles. The van der Waals surface area contributed by atoms with Crippen LogP contribution in [0.5, 0.6) is 5.75 Å². The van der Waals surface area contributed by atoms with Crippen molar-refractivity contribution in [3.8, 4) is 5.75 Å². The highest BCUT2D eigenvalue weighted by atomic mass is 32.1. The second-order valence-electron chi connectivity index (χ2n) is 4.15. The second kappa shape index (κ2) is 5.62. The molecule has 5 nitrogen and oxygen atoms in total. The molecule has 0 amide bonds. The predicted octanol–water partition coefficient (Wildman–Crippen LogP) is 1.71. The third-order valence-electron chi connectivity index (χ3n) is 2.48. The van der Waals surface area contributed by atoms with Crippen molar-refractivity contribution >= 4 is 34.4 Å². The fraction of sp³-hybridized carbons (Fsp3) is 0.154. The molecule has 0 spiro atoms. The first-order valence-corrected chi connectivity index (χ1v) is 6.08. The summed E-state index contributed by atoms with van der Waals surface area (Å²) in [6.07, 6.45) is 1.56. The number of rotatable bonds is 2. The van der Waals surface area contributed by atoms with E-state index >= 15 is 0 Å². The summed E-state index contributed by atoms with van der Waals surface area (Å²) >= 11 is 5.03. The molecule has 1 aromatic heterocycles. The summed E-state index contributed by atoms with van der Waals surface area (Å²) in [7, 11) is 3.66. The minimum absolute atomic E-state index is 0.157. The minimum Gasteiger partial charge on any atom is -0.506 e. The summed E-state index contributed by atoms with van der Waals surface area (Å²) in [4.78, 5) is 6.06. The molecule has 0 radical (unpaired) electrons. The van der Waals surface area contributed by atoms with Crippen LogP contribution in [-0.4, -0.2) is 40.4 Å². The Morgan fingerprint density at radius 1 is 1.37 bits per heavy atom. The number of aromatic nitrogens is 1. The smallest absolute Gasteiger partial charge is 0.189 e. The van der Waals surface area contributed by atoms with Crippen LogP contribution in [0.3, 0.4) is 0 Å². The number of phenolic OH excluding ortho intramolecular Hbond substituents is 1. The Labute approximate surface area is 116 Å². The van der Waals surface area contributed by atoms with Gasteiger partial charge in [0.05, 0.1) is 11.9 Å². The van der Waals surface area contributed by atoms with Crippen molar-refractivity contribution in [3.05, 3.63) is 36.0 Å². The molecule has 19 heavy (non-hydrogen) atoms. The van der Waals surface area contributed by atoms with Gasteiger partial charge in [0.25, 0.3) is 0 Å². The van der Waals surface area contributed by atoms with Gasteiger partial charge in [-0.3, -0.25) is 5.43 Å². The van der Waals surface area contributed by atoms with E-state index in [1.54, 1.807) is 23.2 Å². The fourth-order valence-corrected chi connectivity index (χ4v) is 1.52. The maximum atomic E-state index is 9.73. The molecule has 0 unspecified atom stereocenters. The van der Waals surface area contributed by atoms with Gasteiger partial charge in [-0.05, 0) is 24.4 Å². The molecule has 0 aliphatic rings. The molecule has 2 rings (SSSR count). The van der Waals surface area contributed by atoms with Crippen LogP contribution in [-0.2, 0) is 0 Å². The zero-order valence-corrected chi connectivity index (χ0v) is 11.5. The lowest BCUT2D eigenvalue weighted by Crippen LogP contribution is -2.30. The number of pyridine rings is 1. The molecule has 0 atom stereocenters. The lowest BCUT2D eigenvalue weighted by atomic mass is 10.2. The molecule has 98 valence electrons. The van der Waals surface area contributed by atoms with Crippen LogP contribution in [0.4, 0.5) is 0 Å². The Bertz CT molecular complexity index is 640. The van der Waals surface area contributed by atoms with E-state index in [1.165, 1.54) is 0 Å². The summed E-state index contributed by atoms with van der Waals surface area (Å²) in [5, 5.41) is 15.1. The summed E-state index contributed by atoms with van der Waals surface area (Å²) < 4.78 is 0. The zero-order chi connectivity index (χ0) is 13.8. The van der Waals surface area contributed by atoms with Crippen molar-refractivity contribution in [1.82, 2.24) is 15.3 Å². The van der Waals surface area contributed by atoms with Gasteiger partial charge >= 0.3 is 0 Å². The van der Waals surface area contributed by atoms with Gasteiger partial charge in [0.2, 0.25) is 0 Å². The molecule has 0 fully saturated rings.